The van der Waals surface area contributed by atoms with Gasteiger partial charge in [0.25, 0.3) is 0 Å². The molecule has 0 aromatic heterocycles. The number of unbranched alkanes of at least 4 members (excludes halogenated alkanes) is 22. The molecule has 73 heavy (non-hydrogen) atoms. The molecule has 0 heterocycles. The van der Waals surface area contributed by atoms with E-state index in [9.17, 15) is 14.4 Å². The first-order chi connectivity index (χ1) is 36.0. The van der Waals surface area contributed by atoms with Gasteiger partial charge in [0, 0.05) is 19.3 Å². The Morgan fingerprint density at radius 3 is 0.904 bits per heavy atom. The molecule has 0 aliphatic heterocycles. The SMILES string of the molecule is CCCCC/C=C\C/C=C\C/C=C\C/C=C\C/C=C\CCC(=O)OC[C@H](COC(=O)CCCCC/C=C\C/C=C\C/C=C\C/C=C\CCCCC)OC(=O)CCCCCCCCC/C=C\CCCCCCCC. The van der Waals surface area contributed by atoms with E-state index in [-0.39, 0.29) is 37.5 Å². The first kappa shape index (κ1) is 68.8. The zero-order valence-electron chi connectivity index (χ0n) is 47.4. The van der Waals surface area contributed by atoms with Gasteiger partial charge in [0.05, 0.1) is 0 Å². The number of hydrogen-bond donors (Lipinski definition) is 0. The average Bonchev–Trinajstić information content (AvgIpc) is 3.39. The van der Waals surface area contributed by atoms with Crippen molar-refractivity contribution in [2.45, 2.75) is 271 Å². The van der Waals surface area contributed by atoms with E-state index in [2.05, 4.69) is 136 Å². The third-order valence-electron chi connectivity index (χ3n) is 12.4. The highest BCUT2D eigenvalue weighted by Crippen LogP contribution is 2.14. The lowest BCUT2D eigenvalue weighted by Crippen LogP contribution is -2.30. The van der Waals surface area contributed by atoms with Crippen LogP contribution in [0.1, 0.15) is 265 Å². The smallest absolute Gasteiger partial charge is 0.306 e. The van der Waals surface area contributed by atoms with Crippen molar-refractivity contribution < 1.29 is 28.6 Å². The average molecular weight is 1010 g/mol. The van der Waals surface area contributed by atoms with E-state index in [0.29, 0.717) is 19.3 Å². The number of rotatable bonds is 53. The fourth-order valence-corrected chi connectivity index (χ4v) is 7.87. The lowest BCUT2D eigenvalue weighted by molar-refractivity contribution is -0.166. The van der Waals surface area contributed by atoms with E-state index in [0.717, 1.165) is 89.9 Å². The summed E-state index contributed by atoms with van der Waals surface area (Å²) in [4.78, 5) is 38.2. The summed E-state index contributed by atoms with van der Waals surface area (Å²) in [5, 5.41) is 0. The minimum absolute atomic E-state index is 0.122. The molecule has 0 radical (unpaired) electrons. The largest absolute Gasteiger partial charge is 0.462 e. The summed E-state index contributed by atoms with van der Waals surface area (Å²) in [6, 6.07) is 0. The molecular weight excluding hydrogens is 901 g/mol. The second-order valence-corrected chi connectivity index (χ2v) is 19.5. The fraction of sp³-hybridized carbons (Fsp3) is 0.657. The van der Waals surface area contributed by atoms with Crippen molar-refractivity contribution in [2.75, 3.05) is 13.2 Å². The number of carbonyl (C=O) groups excluding carboxylic acids is 3. The number of carbonyl (C=O) groups is 3. The van der Waals surface area contributed by atoms with Crippen LogP contribution in [0.3, 0.4) is 0 Å². The van der Waals surface area contributed by atoms with E-state index in [1.807, 2.05) is 6.08 Å². The van der Waals surface area contributed by atoms with Gasteiger partial charge in [0.1, 0.15) is 13.2 Å². The molecule has 0 aromatic carbocycles. The number of allylic oxidation sites excluding steroid dienone is 20. The zero-order chi connectivity index (χ0) is 52.9. The van der Waals surface area contributed by atoms with E-state index < -0.39 is 6.10 Å². The monoisotopic (exact) mass is 1010 g/mol. The molecule has 0 spiro atoms. The summed E-state index contributed by atoms with van der Waals surface area (Å²) < 4.78 is 16.8. The van der Waals surface area contributed by atoms with Gasteiger partial charge in [-0.3, -0.25) is 14.4 Å². The van der Waals surface area contributed by atoms with Crippen LogP contribution in [0.25, 0.3) is 0 Å². The summed E-state index contributed by atoms with van der Waals surface area (Å²) in [6.45, 7) is 6.49. The maximum absolute atomic E-state index is 12.9. The highest BCUT2D eigenvalue weighted by atomic mass is 16.6. The van der Waals surface area contributed by atoms with Gasteiger partial charge in [-0.25, -0.2) is 0 Å². The maximum Gasteiger partial charge on any atom is 0.306 e. The van der Waals surface area contributed by atoms with Crippen LogP contribution < -0.4 is 0 Å². The molecule has 1 atom stereocenters. The molecular formula is C67H110O6. The van der Waals surface area contributed by atoms with Gasteiger partial charge in [0.15, 0.2) is 6.10 Å². The van der Waals surface area contributed by atoms with Gasteiger partial charge < -0.3 is 14.2 Å². The Balaban J connectivity index is 4.57. The Bertz CT molecular complexity index is 1540. The second kappa shape index (κ2) is 60.4. The van der Waals surface area contributed by atoms with Crippen molar-refractivity contribution in [1.29, 1.82) is 0 Å². The topological polar surface area (TPSA) is 78.9 Å². The molecule has 0 rings (SSSR count). The summed E-state index contributed by atoms with van der Waals surface area (Å²) in [5.41, 5.74) is 0. The van der Waals surface area contributed by atoms with Crippen molar-refractivity contribution in [1.82, 2.24) is 0 Å². The summed E-state index contributed by atoms with van der Waals surface area (Å²) in [6.07, 6.45) is 83.4. The molecule has 0 N–H and O–H groups in total. The lowest BCUT2D eigenvalue weighted by atomic mass is 10.1. The van der Waals surface area contributed by atoms with Crippen molar-refractivity contribution in [3.05, 3.63) is 122 Å². The van der Waals surface area contributed by atoms with Gasteiger partial charge in [0.2, 0.25) is 0 Å². The van der Waals surface area contributed by atoms with E-state index in [1.165, 1.54) is 128 Å². The van der Waals surface area contributed by atoms with Crippen LogP contribution >= 0.6 is 0 Å². The predicted molar refractivity (Wildman–Crippen MR) is 316 cm³/mol. The molecule has 0 aliphatic rings. The Morgan fingerprint density at radius 1 is 0.274 bits per heavy atom. The van der Waals surface area contributed by atoms with Gasteiger partial charge in [-0.2, -0.15) is 0 Å². The van der Waals surface area contributed by atoms with Crippen molar-refractivity contribution >= 4 is 17.9 Å². The zero-order valence-corrected chi connectivity index (χ0v) is 47.4. The van der Waals surface area contributed by atoms with Crippen LogP contribution in [-0.2, 0) is 28.6 Å². The molecule has 0 fully saturated rings. The van der Waals surface area contributed by atoms with Gasteiger partial charge in [-0.05, 0) is 128 Å². The normalized spacial score (nSPS) is 13.0. The van der Waals surface area contributed by atoms with Gasteiger partial charge in [-0.1, -0.05) is 239 Å². The standard InChI is InChI=1S/C67H110O6/c1-4-7-10-13-16-19-22-25-28-31-33-36-38-41-44-47-50-53-56-59-65(68)71-62-64(73-67(70)61-58-55-52-49-46-43-40-35-30-27-24-21-18-15-12-9-6-3)63-72-66(69)60-57-54-51-48-45-42-39-37-34-32-29-26-23-20-17-14-11-8-5-2/h16-17,19-20,25-30,33-34,36-37,41-42,44-45,50,53,64H,4-15,18,21-24,31-32,35,38-40,43,46-49,51-52,54-63H2,1-3H3/b19-16-,20-17-,28-25-,29-26-,30-27-,36-33-,37-34-,44-41-,45-42-,53-50-/t64-/m1/s1. The lowest BCUT2D eigenvalue weighted by Gasteiger charge is -2.18. The molecule has 0 aliphatic carbocycles. The molecule has 0 unspecified atom stereocenters. The molecule has 414 valence electrons. The summed E-state index contributed by atoms with van der Waals surface area (Å²) >= 11 is 0. The molecule has 0 saturated heterocycles. The van der Waals surface area contributed by atoms with Crippen LogP contribution in [0, 0.1) is 0 Å². The van der Waals surface area contributed by atoms with Crippen LogP contribution in [0.4, 0.5) is 0 Å². The summed E-state index contributed by atoms with van der Waals surface area (Å²) in [5.74, 6) is -1.04. The summed E-state index contributed by atoms with van der Waals surface area (Å²) in [7, 11) is 0. The van der Waals surface area contributed by atoms with Crippen LogP contribution in [0.5, 0.6) is 0 Å². The molecule has 6 heteroatoms. The third kappa shape index (κ3) is 58.6. The second-order valence-electron chi connectivity index (χ2n) is 19.5. The first-order valence-corrected chi connectivity index (χ1v) is 30.0. The Kier molecular flexibility index (Phi) is 56.9. The Hall–Kier alpha value is -4.19. The van der Waals surface area contributed by atoms with Gasteiger partial charge in [-0.15, -0.1) is 0 Å². The number of esters is 3. The quantitative estimate of drug-likeness (QED) is 0.0261. The van der Waals surface area contributed by atoms with E-state index in [1.54, 1.807) is 0 Å². The number of ether oxygens (including phenoxy) is 3. The van der Waals surface area contributed by atoms with Crippen LogP contribution in [0.2, 0.25) is 0 Å². The molecule has 6 nitrogen and oxygen atoms in total. The fourth-order valence-electron chi connectivity index (χ4n) is 7.87. The Labute approximate surface area is 450 Å². The van der Waals surface area contributed by atoms with Crippen molar-refractivity contribution in [3.63, 3.8) is 0 Å². The molecule has 0 aromatic rings. The van der Waals surface area contributed by atoms with Crippen LogP contribution in [-0.4, -0.2) is 37.2 Å². The predicted octanol–water partition coefficient (Wildman–Crippen LogP) is 20.4. The minimum Gasteiger partial charge on any atom is -0.462 e. The molecule has 0 bridgehead atoms. The van der Waals surface area contributed by atoms with Crippen molar-refractivity contribution in [2.24, 2.45) is 0 Å². The maximum atomic E-state index is 12.9. The van der Waals surface area contributed by atoms with Crippen LogP contribution in [0.15, 0.2) is 122 Å². The first-order valence-electron chi connectivity index (χ1n) is 30.0. The number of hydrogen-bond acceptors (Lipinski definition) is 6. The highest BCUT2D eigenvalue weighted by molar-refractivity contribution is 5.71. The van der Waals surface area contributed by atoms with E-state index >= 15 is 0 Å². The minimum atomic E-state index is -0.828. The van der Waals surface area contributed by atoms with Gasteiger partial charge >= 0.3 is 17.9 Å². The highest BCUT2D eigenvalue weighted by Gasteiger charge is 2.19. The van der Waals surface area contributed by atoms with E-state index in [4.69, 9.17) is 14.2 Å². The third-order valence-corrected chi connectivity index (χ3v) is 12.4. The molecule has 0 saturated carbocycles. The Morgan fingerprint density at radius 2 is 0.521 bits per heavy atom. The molecule has 0 amide bonds. The van der Waals surface area contributed by atoms with Crippen molar-refractivity contribution in [3.8, 4) is 0 Å².